The molecule has 3 rings (SSSR count). The molecule has 0 spiro atoms. The third kappa shape index (κ3) is 3.58. The van der Waals surface area contributed by atoms with Gasteiger partial charge in [-0.15, -0.1) is 0 Å². The molecule has 1 aliphatic carbocycles. The van der Waals surface area contributed by atoms with Crippen LogP contribution < -0.4 is 10.5 Å². The van der Waals surface area contributed by atoms with Crippen LogP contribution in [0.4, 0.5) is 5.69 Å². The SMILES string of the molecule is CCOC1CC(N)(C(=O)N2CCC(Oc3ccc([N+](=O)[O-])cc3)CC2)C1(C)C. The van der Waals surface area contributed by atoms with Gasteiger partial charge in [0.05, 0.1) is 11.0 Å². The number of nitrogens with two attached hydrogens (primary N) is 1. The van der Waals surface area contributed by atoms with Crippen molar-refractivity contribution in [1.82, 2.24) is 4.90 Å². The topological polar surface area (TPSA) is 108 Å². The van der Waals surface area contributed by atoms with E-state index in [0.717, 1.165) is 0 Å². The Kier molecular flexibility index (Phi) is 5.63. The van der Waals surface area contributed by atoms with Gasteiger partial charge in [0.1, 0.15) is 17.4 Å². The van der Waals surface area contributed by atoms with Crippen molar-refractivity contribution in [3.05, 3.63) is 34.4 Å². The van der Waals surface area contributed by atoms with Crippen LogP contribution in [0.1, 0.15) is 40.0 Å². The van der Waals surface area contributed by atoms with Crippen LogP contribution in [0.5, 0.6) is 5.75 Å². The van der Waals surface area contributed by atoms with Crippen LogP contribution >= 0.6 is 0 Å². The Hall–Kier alpha value is -2.19. The summed E-state index contributed by atoms with van der Waals surface area (Å²) in [6.07, 6.45) is 1.94. The third-order valence-corrected chi connectivity index (χ3v) is 6.29. The molecule has 0 radical (unpaired) electrons. The van der Waals surface area contributed by atoms with Gasteiger partial charge in [-0.1, -0.05) is 13.8 Å². The zero-order chi connectivity index (χ0) is 20.5. The Morgan fingerprint density at radius 1 is 1.29 bits per heavy atom. The Balaban J connectivity index is 1.54. The second-order valence-corrected chi connectivity index (χ2v) is 8.20. The van der Waals surface area contributed by atoms with Crippen molar-refractivity contribution in [2.75, 3.05) is 19.7 Å². The first-order chi connectivity index (χ1) is 13.2. The van der Waals surface area contributed by atoms with Gasteiger partial charge in [0, 0.05) is 56.5 Å². The fraction of sp³-hybridized carbons (Fsp3) is 0.650. The van der Waals surface area contributed by atoms with E-state index in [1.54, 1.807) is 12.1 Å². The lowest BCUT2D eigenvalue weighted by Crippen LogP contribution is -2.76. The number of carbonyl (C=O) groups is 1. The van der Waals surface area contributed by atoms with Gasteiger partial charge in [0.2, 0.25) is 5.91 Å². The Morgan fingerprint density at radius 2 is 1.89 bits per heavy atom. The summed E-state index contributed by atoms with van der Waals surface area (Å²) < 4.78 is 11.6. The number of carbonyl (C=O) groups excluding carboxylic acids is 1. The molecule has 0 aromatic heterocycles. The standard InChI is InChI=1S/C20H29N3O5/c1-4-27-17-13-20(21,19(17,2)3)18(24)22-11-9-16(10-12-22)28-15-7-5-14(6-8-15)23(25)26/h5-8,16-17H,4,9-13,21H2,1-3H3. The number of rotatable bonds is 6. The fourth-order valence-electron chi connectivity index (χ4n) is 4.10. The van der Waals surface area contributed by atoms with E-state index in [-0.39, 0.29) is 23.8 Å². The number of nitro groups is 1. The molecule has 0 bridgehead atoms. The maximum Gasteiger partial charge on any atom is 0.269 e. The Labute approximate surface area is 165 Å². The molecule has 1 aromatic rings. The number of hydrogen-bond acceptors (Lipinski definition) is 6. The molecular weight excluding hydrogens is 362 g/mol. The molecule has 1 heterocycles. The van der Waals surface area contributed by atoms with E-state index in [2.05, 4.69) is 0 Å². The summed E-state index contributed by atoms with van der Waals surface area (Å²) in [5.74, 6) is 0.590. The quantitative estimate of drug-likeness (QED) is 0.590. The number of amides is 1. The van der Waals surface area contributed by atoms with Crippen LogP contribution in [0.15, 0.2) is 24.3 Å². The molecule has 1 saturated carbocycles. The molecule has 2 fully saturated rings. The number of non-ortho nitro benzene ring substituents is 1. The number of benzene rings is 1. The van der Waals surface area contributed by atoms with Gasteiger partial charge in [-0.05, 0) is 19.1 Å². The highest BCUT2D eigenvalue weighted by Crippen LogP contribution is 2.50. The van der Waals surface area contributed by atoms with Crippen molar-refractivity contribution in [3.8, 4) is 5.75 Å². The van der Waals surface area contributed by atoms with E-state index >= 15 is 0 Å². The summed E-state index contributed by atoms with van der Waals surface area (Å²) in [7, 11) is 0. The highest BCUT2D eigenvalue weighted by atomic mass is 16.6. The smallest absolute Gasteiger partial charge is 0.269 e. The Bertz CT molecular complexity index is 728. The van der Waals surface area contributed by atoms with E-state index in [1.165, 1.54) is 12.1 Å². The van der Waals surface area contributed by atoms with Gasteiger partial charge in [0.15, 0.2) is 0 Å². The first-order valence-electron chi connectivity index (χ1n) is 9.80. The van der Waals surface area contributed by atoms with E-state index in [9.17, 15) is 14.9 Å². The highest BCUT2D eigenvalue weighted by Gasteiger charge is 2.63. The van der Waals surface area contributed by atoms with Gasteiger partial charge in [-0.2, -0.15) is 0 Å². The molecule has 1 saturated heterocycles. The zero-order valence-corrected chi connectivity index (χ0v) is 16.7. The van der Waals surface area contributed by atoms with E-state index < -0.39 is 15.9 Å². The first-order valence-corrected chi connectivity index (χ1v) is 9.80. The minimum absolute atomic E-state index is 0.00876. The molecule has 8 heteroatoms. The molecule has 2 unspecified atom stereocenters. The molecule has 2 aliphatic rings. The number of hydrogen-bond donors (Lipinski definition) is 1. The summed E-state index contributed by atoms with van der Waals surface area (Å²) in [5, 5.41) is 10.7. The molecule has 1 amide bonds. The number of nitrogens with zero attached hydrogens (tertiary/aromatic N) is 2. The van der Waals surface area contributed by atoms with Crippen molar-refractivity contribution < 1.29 is 19.2 Å². The second kappa shape index (κ2) is 7.67. The van der Waals surface area contributed by atoms with Crippen LogP contribution in [-0.4, -0.2) is 53.2 Å². The molecule has 1 aliphatic heterocycles. The summed E-state index contributed by atoms with van der Waals surface area (Å²) in [6, 6.07) is 6.07. The average molecular weight is 391 g/mol. The van der Waals surface area contributed by atoms with Crippen LogP contribution in [0.2, 0.25) is 0 Å². The lowest BCUT2D eigenvalue weighted by Gasteiger charge is -2.59. The normalized spacial score (nSPS) is 27.1. The van der Waals surface area contributed by atoms with Gasteiger partial charge in [-0.25, -0.2) is 0 Å². The predicted octanol–water partition coefficient (Wildman–Crippen LogP) is 2.50. The summed E-state index contributed by atoms with van der Waals surface area (Å²) in [6.45, 7) is 7.74. The number of likely N-dealkylation sites (tertiary alicyclic amines) is 1. The third-order valence-electron chi connectivity index (χ3n) is 6.29. The molecule has 2 N–H and O–H groups in total. The highest BCUT2D eigenvalue weighted by molar-refractivity contribution is 5.89. The lowest BCUT2D eigenvalue weighted by atomic mass is 9.54. The average Bonchev–Trinajstić information content (AvgIpc) is 2.68. The van der Waals surface area contributed by atoms with Crippen LogP contribution in [0.3, 0.4) is 0 Å². The maximum atomic E-state index is 13.1. The van der Waals surface area contributed by atoms with Crippen molar-refractivity contribution in [2.24, 2.45) is 11.1 Å². The summed E-state index contributed by atoms with van der Waals surface area (Å²) in [5.41, 5.74) is 5.26. The van der Waals surface area contributed by atoms with Crippen molar-refractivity contribution in [3.63, 3.8) is 0 Å². The molecule has 8 nitrogen and oxygen atoms in total. The van der Waals surface area contributed by atoms with Gasteiger partial charge >= 0.3 is 0 Å². The van der Waals surface area contributed by atoms with E-state index in [0.29, 0.717) is 44.7 Å². The van der Waals surface area contributed by atoms with Crippen molar-refractivity contribution in [2.45, 2.75) is 57.8 Å². The van der Waals surface area contributed by atoms with E-state index in [4.69, 9.17) is 15.2 Å². The van der Waals surface area contributed by atoms with Crippen molar-refractivity contribution in [1.29, 1.82) is 0 Å². The first kappa shape index (κ1) is 20.5. The van der Waals surface area contributed by atoms with Crippen LogP contribution in [-0.2, 0) is 9.53 Å². The fourth-order valence-corrected chi connectivity index (χ4v) is 4.10. The second-order valence-electron chi connectivity index (χ2n) is 8.20. The van der Waals surface area contributed by atoms with Crippen LogP contribution in [0, 0.1) is 15.5 Å². The molecule has 154 valence electrons. The number of nitro benzene ring substituents is 1. The maximum absolute atomic E-state index is 13.1. The van der Waals surface area contributed by atoms with Crippen molar-refractivity contribution >= 4 is 11.6 Å². The monoisotopic (exact) mass is 391 g/mol. The molecule has 28 heavy (non-hydrogen) atoms. The van der Waals surface area contributed by atoms with Crippen LogP contribution in [0.25, 0.3) is 0 Å². The minimum atomic E-state index is -0.890. The number of piperidine rings is 1. The van der Waals surface area contributed by atoms with Gasteiger partial charge in [0.25, 0.3) is 5.69 Å². The van der Waals surface area contributed by atoms with E-state index in [1.807, 2.05) is 25.7 Å². The molecule has 1 aromatic carbocycles. The number of ether oxygens (including phenoxy) is 2. The minimum Gasteiger partial charge on any atom is -0.490 e. The summed E-state index contributed by atoms with van der Waals surface area (Å²) in [4.78, 5) is 25.2. The zero-order valence-electron chi connectivity index (χ0n) is 16.7. The largest absolute Gasteiger partial charge is 0.490 e. The lowest BCUT2D eigenvalue weighted by molar-refractivity contribution is -0.384. The Morgan fingerprint density at radius 3 is 2.39 bits per heavy atom. The summed E-state index contributed by atoms with van der Waals surface area (Å²) >= 11 is 0. The molecule has 2 atom stereocenters. The molecular formula is C20H29N3O5. The predicted molar refractivity (Wildman–Crippen MR) is 104 cm³/mol. The van der Waals surface area contributed by atoms with Gasteiger partial charge < -0.3 is 20.1 Å². The van der Waals surface area contributed by atoms with Gasteiger partial charge in [-0.3, -0.25) is 14.9 Å².